The van der Waals surface area contributed by atoms with Crippen LogP contribution in [0.1, 0.15) is 24.0 Å². The van der Waals surface area contributed by atoms with E-state index in [0.29, 0.717) is 6.54 Å². The number of nitrogens with one attached hydrogen (secondary N) is 2. The van der Waals surface area contributed by atoms with Crippen molar-refractivity contribution in [2.24, 2.45) is 5.92 Å². The fourth-order valence-electron chi connectivity index (χ4n) is 5.30. The second kappa shape index (κ2) is 10.9. The van der Waals surface area contributed by atoms with Gasteiger partial charge in [0, 0.05) is 24.7 Å². The van der Waals surface area contributed by atoms with Crippen molar-refractivity contribution in [3.8, 4) is 0 Å². The molecule has 0 radical (unpaired) electrons. The van der Waals surface area contributed by atoms with Gasteiger partial charge < -0.3 is 20.6 Å². The van der Waals surface area contributed by atoms with E-state index in [2.05, 4.69) is 20.5 Å². The summed E-state index contributed by atoms with van der Waals surface area (Å²) in [6.07, 6.45) is 3.47. The number of fused-ring (bicyclic) bond motifs is 1. The third-order valence-corrected chi connectivity index (χ3v) is 7.22. The van der Waals surface area contributed by atoms with E-state index in [-0.39, 0.29) is 11.9 Å². The van der Waals surface area contributed by atoms with Crippen molar-refractivity contribution in [3.05, 3.63) is 108 Å². The molecule has 36 heavy (non-hydrogen) atoms. The van der Waals surface area contributed by atoms with E-state index >= 15 is 0 Å². The van der Waals surface area contributed by atoms with Crippen molar-refractivity contribution >= 4 is 22.6 Å². The van der Waals surface area contributed by atoms with Crippen LogP contribution >= 0.6 is 0 Å². The predicted octanol–water partition coefficient (Wildman–Crippen LogP) is 5.00. The molecule has 6 nitrogen and oxygen atoms in total. The highest BCUT2D eigenvalue weighted by molar-refractivity contribution is 6.00. The minimum Gasteiger partial charge on any atom is -0.380 e. The van der Waals surface area contributed by atoms with E-state index in [1.54, 1.807) is 6.20 Å². The third kappa shape index (κ3) is 5.10. The summed E-state index contributed by atoms with van der Waals surface area (Å²) in [6.45, 7) is 3.09. The van der Waals surface area contributed by atoms with Gasteiger partial charge in [-0.15, -0.1) is 0 Å². The van der Waals surface area contributed by atoms with E-state index in [1.165, 1.54) is 0 Å². The van der Waals surface area contributed by atoms with Crippen LogP contribution in [0.2, 0.25) is 0 Å². The molecule has 3 aromatic carbocycles. The fourth-order valence-corrected chi connectivity index (χ4v) is 5.30. The van der Waals surface area contributed by atoms with Gasteiger partial charge in [0.1, 0.15) is 5.60 Å². The van der Waals surface area contributed by atoms with Crippen LogP contribution in [0.15, 0.2) is 97.2 Å². The number of hydrogen-bond acceptors (Lipinski definition) is 4. The van der Waals surface area contributed by atoms with Gasteiger partial charge in [-0.25, -0.2) is 4.79 Å². The molecule has 0 saturated carbocycles. The summed E-state index contributed by atoms with van der Waals surface area (Å²) in [6, 6.07) is 29.4. The van der Waals surface area contributed by atoms with Gasteiger partial charge in [-0.3, -0.25) is 4.98 Å². The monoisotopic (exact) mass is 480 g/mol. The smallest absolute Gasteiger partial charge is 0.319 e. The Balaban J connectivity index is 1.16. The van der Waals surface area contributed by atoms with Gasteiger partial charge >= 0.3 is 6.03 Å². The Morgan fingerprint density at radius 3 is 2.17 bits per heavy atom. The molecule has 1 saturated heterocycles. The van der Waals surface area contributed by atoms with Crippen molar-refractivity contribution < 1.29 is 9.90 Å². The zero-order valence-electron chi connectivity index (χ0n) is 20.3. The molecule has 184 valence electrons. The van der Waals surface area contributed by atoms with Crippen molar-refractivity contribution in [1.82, 2.24) is 15.2 Å². The first kappa shape index (κ1) is 24.0. The largest absolute Gasteiger partial charge is 0.380 e. The summed E-state index contributed by atoms with van der Waals surface area (Å²) in [7, 11) is 0. The topological polar surface area (TPSA) is 77.5 Å². The molecule has 0 aliphatic carbocycles. The Bertz CT molecular complexity index is 1240. The summed E-state index contributed by atoms with van der Waals surface area (Å²) in [5, 5.41) is 18.9. The van der Waals surface area contributed by atoms with Crippen molar-refractivity contribution in [2.75, 3.05) is 31.5 Å². The summed E-state index contributed by atoms with van der Waals surface area (Å²) in [5.41, 5.74) is 2.47. The fraction of sp³-hybridized carbons (Fsp3) is 0.267. The molecular weight excluding hydrogens is 448 g/mol. The van der Waals surface area contributed by atoms with Crippen LogP contribution in [-0.2, 0) is 5.60 Å². The third-order valence-electron chi connectivity index (χ3n) is 7.22. The SMILES string of the molecule is O=C(NCCN1CCC(C(O)(c2ccccc2)c2ccccc2)CC1)Nc1ccnc2ccccc12. The number of amides is 2. The maximum absolute atomic E-state index is 12.5. The molecule has 3 N–H and O–H groups in total. The molecule has 1 fully saturated rings. The molecule has 0 unspecified atom stereocenters. The molecule has 1 aromatic heterocycles. The maximum Gasteiger partial charge on any atom is 0.319 e. The Kier molecular flexibility index (Phi) is 7.26. The van der Waals surface area contributed by atoms with Gasteiger partial charge in [0.15, 0.2) is 0 Å². The lowest BCUT2D eigenvalue weighted by Gasteiger charge is -2.42. The normalized spacial score (nSPS) is 15.0. The van der Waals surface area contributed by atoms with Crippen LogP contribution in [0, 0.1) is 5.92 Å². The molecule has 6 heteroatoms. The second-order valence-electron chi connectivity index (χ2n) is 9.37. The summed E-state index contributed by atoms with van der Waals surface area (Å²) < 4.78 is 0. The van der Waals surface area contributed by atoms with Crippen molar-refractivity contribution in [1.29, 1.82) is 0 Å². The minimum atomic E-state index is -1.01. The Morgan fingerprint density at radius 1 is 0.889 bits per heavy atom. The number of carbonyl (C=O) groups excluding carboxylic acids is 1. The number of rotatable bonds is 7. The molecule has 0 atom stereocenters. The molecule has 1 aliphatic rings. The van der Waals surface area contributed by atoms with Crippen LogP contribution in [0.4, 0.5) is 10.5 Å². The number of para-hydroxylation sites is 1. The number of pyridine rings is 1. The summed E-state index contributed by atoms with van der Waals surface area (Å²) in [4.78, 5) is 19.2. The van der Waals surface area contributed by atoms with Crippen molar-refractivity contribution in [2.45, 2.75) is 18.4 Å². The quantitative estimate of drug-likeness (QED) is 0.348. The average molecular weight is 481 g/mol. The lowest BCUT2D eigenvalue weighted by atomic mass is 9.72. The number of piperidine rings is 1. The molecule has 5 rings (SSSR count). The average Bonchev–Trinajstić information content (AvgIpc) is 2.94. The number of anilines is 1. The number of benzene rings is 3. The van der Waals surface area contributed by atoms with Gasteiger partial charge in [0.25, 0.3) is 0 Å². The first-order valence-corrected chi connectivity index (χ1v) is 12.6. The van der Waals surface area contributed by atoms with Crippen molar-refractivity contribution in [3.63, 3.8) is 0 Å². The number of likely N-dealkylation sites (tertiary alicyclic amines) is 1. The highest BCUT2D eigenvalue weighted by Crippen LogP contribution is 2.41. The number of aromatic nitrogens is 1. The molecule has 2 heterocycles. The molecule has 4 aromatic rings. The minimum absolute atomic E-state index is 0.120. The summed E-state index contributed by atoms with van der Waals surface area (Å²) in [5.74, 6) is 0.120. The van der Waals surface area contributed by atoms with Gasteiger partial charge in [-0.05, 0) is 55.1 Å². The predicted molar refractivity (Wildman–Crippen MR) is 144 cm³/mol. The molecular formula is C30H32N4O2. The number of aliphatic hydroxyl groups is 1. The Labute approximate surface area is 212 Å². The van der Waals surface area contributed by atoms with E-state index in [9.17, 15) is 9.90 Å². The highest BCUT2D eigenvalue weighted by Gasteiger charge is 2.41. The van der Waals surface area contributed by atoms with Gasteiger partial charge in [0.2, 0.25) is 0 Å². The lowest BCUT2D eigenvalue weighted by Crippen LogP contribution is -2.46. The van der Waals surface area contributed by atoms with Crippen LogP contribution in [-0.4, -0.2) is 47.2 Å². The van der Waals surface area contributed by atoms with Crippen LogP contribution < -0.4 is 10.6 Å². The number of hydrogen-bond donors (Lipinski definition) is 3. The standard InChI is InChI=1S/C30H32N4O2/c35-29(33-28-15-18-31-27-14-8-7-13-26(27)28)32-19-22-34-20-16-25(17-21-34)30(36,23-9-3-1-4-10-23)24-11-5-2-6-12-24/h1-15,18,25,36H,16-17,19-22H2,(H2,31,32,33,35). The highest BCUT2D eigenvalue weighted by atomic mass is 16.3. The molecule has 0 spiro atoms. The van der Waals surface area contributed by atoms with Gasteiger partial charge in [0.05, 0.1) is 11.2 Å². The Morgan fingerprint density at radius 2 is 1.50 bits per heavy atom. The first-order chi connectivity index (χ1) is 17.6. The van der Waals surface area contributed by atoms with Gasteiger partial charge in [-0.1, -0.05) is 78.9 Å². The van der Waals surface area contributed by atoms with E-state index in [4.69, 9.17) is 0 Å². The first-order valence-electron chi connectivity index (χ1n) is 12.6. The maximum atomic E-state index is 12.5. The van der Waals surface area contributed by atoms with E-state index < -0.39 is 5.60 Å². The Hall–Kier alpha value is -3.74. The number of carbonyl (C=O) groups is 1. The molecule has 1 aliphatic heterocycles. The van der Waals surface area contributed by atoms with E-state index in [0.717, 1.165) is 60.2 Å². The zero-order chi connectivity index (χ0) is 24.8. The number of nitrogens with zero attached hydrogens (tertiary/aromatic N) is 2. The van der Waals surface area contributed by atoms with E-state index in [1.807, 2.05) is 91.0 Å². The lowest BCUT2D eigenvalue weighted by molar-refractivity contribution is -0.0138. The molecule has 2 amide bonds. The van der Waals surface area contributed by atoms with Crippen LogP contribution in [0.5, 0.6) is 0 Å². The second-order valence-corrected chi connectivity index (χ2v) is 9.37. The number of urea groups is 1. The summed E-state index contributed by atoms with van der Waals surface area (Å²) >= 11 is 0. The van der Waals surface area contributed by atoms with Crippen LogP contribution in [0.3, 0.4) is 0 Å². The molecule has 0 bridgehead atoms. The van der Waals surface area contributed by atoms with Gasteiger partial charge in [-0.2, -0.15) is 0 Å². The zero-order valence-corrected chi connectivity index (χ0v) is 20.3. The van der Waals surface area contributed by atoms with Crippen LogP contribution in [0.25, 0.3) is 10.9 Å².